The van der Waals surface area contributed by atoms with Gasteiger partial charge in [-0.2, -0.15) is 0 Å². The first kappa shape index (κ1) is 36.3. The van der Waals surface area contributed by atoms with E-state index >= 15 is 0 Å². The highest BCUT2D eigenvalue weighted by Gasteiger charge is 2.47. The Morgan fingerprint density at radius 1 is 1.04 bits per heavy atom. The molecular formula is C33H41ClFN3O8. The number of carbonyl (C=O) groups excluding carboxylic acids is 5. The number of Topliss-reactive ketones (excluding diaryl/α,β-unsaturated/α-hetero) is 1. The molecule has 0 unspecified atom stereocenters. The van der Waals surface area contributed by atoms with E-state index in [-0.39, 0.29) is 28.7 Å². The van der Waals surface area contributed by atoms with Crippen molar-refractivity contribution in [3.63, 3.8) is 0 Å². The summed E-state index contributed by atoms with van der Waals surface area (Å²) in [6.45, 7) is 13.0. The summed E-state index contributed by atoms with van der Waals surface area (Å²) in [7, 11) is 0. The molecule has 0 fully saturated rings. The van der Waals surface area contributed by atoms with Crippen LogP contribution in [0.15, 0.2) is 36.4 Å². The van der Waals surface area contributed by atoms with Crippen LogP contribution in [0.5, 0.6) is 5.75 Å². The van der Waals surface area contributed by atoms with Crippen LogP contribution in [0.1, 0.15) is 94.1 Å². The molecule has 1 aliphatic rings. The van der Waals surface area contributed by atoms with Gasteiger partial charge in [-0.15, -0.1) is 0 Å². The number of ether oxygens (including phenoxy) is 3. The zero-order chi connectivity index (χ0) is 34.6. The highest BCUT2D eigenvalue weighted by molar-refractivity contribution is 6.31. The minimum atomic E-state index is -1.21. The highest BCUT2D eigenvalue weighted by atomic mass is 35.5. The number of alkyl carbamates (subject to hydrolysis) is 1. The monoisotopic (exact) mass is 661 g/mol. The standard InChI is InChI=1S/C33H41ClFN3O8/c1-17(2)13-24(37-31(43)46-32(4,5)6)30(42)36-16-26(40)44-28-27(38-29(41)20-9-11-23(35)22(34)15-20)21-14-19(18(3)39)10-12-25(21)45-33(28,7)8/h9-12,14-15,17,24,27-28H,13,16H2,1-8H3,(H,36,42)(H,37,43)(H,38,41)/t24-,27+,28-/m0/s1. The fourth-order valence-corrected chi connectivity index (χ4v) is 5.03. The number of hydrogen-bond acceptors (Lipinski definition) is 8. The van der Waals surface area contributed by atoms with Crippen molar-refractivity contribution in [3.8, 4) is 5.75 Å². The summed E-state index contributed by atoms with van der Waals surface area (Å²) in [5, 5.41) is 7.62. The van der Waals surface area contributed by atoms with Gasteiger partial charge >= 0.3 is 12.1 Å². The molecule has 250 valence electrons. The first-order chi connectivity index (χ1) is 21.3. The van der Waals surface area contributed by atoms with Crippen LogP contribution < -0.4 is 20.7 Å². The summed E-state index contributed by atoms with van der Waals surface area (Å²) in [5.74, 6) is -2.69. The van der Waals surface area contributed by atoms with Crippen LogP contribution in [0.2, 0.25) is 5.02 Å². The molecule has 0 radical (unpaired) electrons. The number of amides is 3. The summed E-state index contributed by atoms with van der Waals surface area (Å²) in [6, 6.07) is 6.17. The lowest BCUT2D eigenvalue weighted by Gasteiger charge is -2.44. The summed E-state index contributed by atoms with van der Waals surface area (Å²) < 4.78 is 31.0. The number of fused-ring (bicyclic) bond motifs is 1. The van der Waals surface area contributed by atoms with Gasteiger partial charge in [-0.05, 0) is 90.3 Å². The van der Waals surface area contributed by atoms with Gasteiger partial charge in [0, 0.05) is 16.7 Å². The van der Waals surface area contributed by atoms with Gasteiger partial charge in [0.25, 0.3) is 5.91 Å². The summed E-state index contributed by atoms with van der Waals surface area (Å²) in [6.07, 6.45) is -1.65. The van der Waals surface area contributed by atoms with Crippen LogP contribution in [0.25, 0.3) is 0 Å². The molecule has 46 heavy (non-hydrogen) atoms. The number of ketones is 1. The third-order valence-corrected chi connectivity index (χ3v) is 7.25. The van der Waals surface area contributed by atoms with Crippen molar-refractivity contribution in [3.05, 3.63) is 63.9 Å². The Morgan fingerprint density at radius 2 is 1.70 bits per heavy atom. The van der Waals surface area contributed by atoms with E-state index in [1.165, 1.54) is 25.1 Å². The molecule has 0 saturated carbocycles. The zero-order valence-electron chi connectivity index (χ0n) is 27.2. The number of halogens is 2. The molecule has 1 aliphatic heterocycles. The minimum absolute atomic E-state index is 0.0261. The van der Waals surface area contributed by atoms with Gasteiger partial charge in [0.05, 0.1) is 11.1 Å². The average molecular weight is 662 g/mol. The van der Waals surface area contributed by atoms with E-state index in [2.05, 4.69) is 16.0 Å². The molecule has 0 spiro atoms. The lowest BCUT2D eigenvalue weighted by Crippen LogP contribution is -2.56. The molecule has 3 amide bonds. The van der Waals surface area contributed by atoms with E-state index in [1.807, 2.05) is 13.8 Å². The number of nitrogens with one attached hydrogen (secondary N) is 3. The lowest BCUT2D eigenvalue weighted by atomic mass is 9.85. The molecule has 0 aliphatic carbocycles. The Labute approximate surface area is 272 Å². The zero-order valence-corrected chi connectivity index (χ0v) is 28.0. The second-order valence-corrected chi connectivity index (χ2v) is 13.5. The lowest BCUT2D eigenvalue weighted by molar-refractivity contribution is -0.164. The molecule has 11 nitrogen and oxygen atoms in total. The van der Waals surface area contributed by atoms with Crippen LogP contribution in [0, 0.1) is 11.7 Å². The van der Waals surface area contributed by atoms with E-state index < -0.39 is 65.6 Å². The molecule has 0 aromatic heterocycles. The van der Waals surface area contributed by atoms with Crippen LogP contribution >= 0.6 is 11.6 Å². The molecule has 1 heterocycles. The molecular weight excluding hydrogens is 621 g/mol. The van der Waals surface area contributed by atoms with Gasteiger partial charge < -0.3 is 30.2 Å². The van der Waals surface area contributed by atoms with Crippen molar-refractivity contribution < 1.29 is 42.6 Å². The normalized spacial score (nSPS) is 17.5. The van der Waals surface area contributed by atoms with Crippen LogP contribution in [-0.4, -0.2) is 59.6 Å². The molecule has 0 saturated heterocycles. The fourth-order valence-electron chi connectivity index (χ4n) is 4.85. The summed E-state index contributed by atoms with van der Waals surface area (Å²) in [5.41, 5.74) is -1.24. The van der Waals surface area contributed by atoms with Gasteiger partial charge in [-0.3, -0.25) is 19.2 Å². The van der Waals surface area contributed by atoms with Crippen molar-refractivity contribution in [2.75, 3.05) is 6.54 Å². The maximum Gasteiger partial charge on any atom is 0.408 e. The molecule has 13 heteroatoms. The van der Waals surface area contributed by atoms with Gasteiger partial charge in [-0.1, -0.05) is 25.4 Å². The maximum absolute atomic E-state index is 13.8. The minimum Gasteiger partial charge on any atom is -0.484 e. The molecule has 3 rings (SSSR count). The molecule has 0 bridgehead atoms. The summed E-state index contributed by atoms with van der Waals surface area (Å²) >= 11 is 5.90. The largest absolute Gasteiger partial charge is 0.484 e. The SMILES string of the molecule is CC(=O)c1ccc2c(c1)[C@@H](NC(=O)c1ccc(F)c(Cl)c1)[C@H](OC(=O)CNC(=O)[C@H](CC(C)C)NC(=O)OC(C)(C)C)C(C)(C)O2. The van der Waals surface area contributed by atoms with Gasteiger partial charge in [0.1, 0.15) is 35.4 Å². The Hall–Kier alpha value is -4.19. The quantitative estimate of drug-likeness (QED) is 0.230. The maximum atomic E-state index is 13.8. The molecule has 2 aromatic carbocycles. The van der Waals surface area contributed by atoms with Gasteiger partial charge in [0.2, 0.25) is 5.91 Å². The first-order valence-electron chi connectivity index (χ1n) is 14.8. The Balaban J connectivity index is 1.85. The van der Waals surface area contributed by atoms with E-state index in [0.29, 0.717) is 16.9 Å². The Morgan fingerprint density at radius 3 is 2.28 bits per heavy atom. The van der Waals surface area contributed by atoms with Crippen molar-refractivity contribution in [2.24, 2.45) is 5.92 Å². The first-order valence-corrected chi connectivity index (χ1v) is 15.2. The van der Waals surface area contributed by atoms with Crippen molar-refractivity contribution in [1.82, 2.24) is 16.0 Å². The predicted molar refractivity (Wildman–Crippen MR) is 168 cm³/mol. The average Bonchev–Trinajstić information content (AvgIpc) is 2.92. The number of esters is 1. The van der Waals surface area contributed by atoms with E-state index in [4.69, 9.17) is 25.8 Å². The fraction of sp³-hybridized carbons (Fsp3) is 0.485. The van der Waals surface area contributed by atoms with Crippen LogP contribution in [0.4, 0.5) is 9.18 Å². The van der Waals surface area contributed by atoms with Crippen molar-refractivity contribution in [2.45, 2.75) is 91.2 Å². The van der Waals surface area contributed by atoms with E-state index in [0.717, 1.165) is 6.07 Å². The predicted octanol–water partition coefficient (Wildman–Crippen LogP) is 5.29. The topological polar surface area (TPSA) is 149 Å². The van der Waals surface area contributed by atoms with Gasteiger partial charge in [-0.25, -0.2) is 9.18 Å². The molecule has 3 N–H and O–H groups in total. The third kappa shape index (κ3) is 9.65. The van der Waals surface area contributed by atoms with Gasteiger partial charge in [0.15, 0.2) is 11.9 Å². The number of hydrogen-bond donors (Lipinski definition) is 3. The molecule has 2 aromatic rings. The number of carbonyl (C=O) groups is 5. The van der Waals surface area contributed by atoms with E-state index in [1.54, 1.807) is 46.8 Å². The highest BCUT2D eigenvalue weighted by Crippen LogP contribution is 2.42. The smallest absolute Gasteiger partial charge is 0.408 e. The number of benzene rings is 2. The van der Waals surface area contributed by atoms with E-state index in [9.17, 15) is 28.4 Å². The van der Waals surface area contributed by atoms with Crippen LogP contribution in [-0.2, 0) is 19.1 Å². The second-order valence-electron chi connectivity index (χ2n) is 13.1. The third-order valence-electron chi connectivity index (χ3n) is 6.96. The van der Waals surface area contributed by atoms with Crippen molar-refractivity contribution in [1.29, 1.82) is 0 Å². The van der Waals surface area contributed by atoms with Crippen LogP contribution in [0.3, 0.4) is 0 Å². The Kier molecular flexibility index (Phi) is 11.4. The Bertz CT molecular complexity index is 1500. The molecule has 3 atom stereocenters. The van der Waals surface area contributed by atoms with Crippen molar-refractivity contribution >= 4 is 41.3 Å². The second kappa shape index (κ2) is 14.5. The number of rotatable bonds is 10. The summed E-state index contributed by atoms with van der Waals surface area (Å²) in [4.78, 5) is 64.2.